The summed E-state index contributed by atoms with van der Waals surface area (Å²) in [5.74, 6) is -1.86. The first-order valence-corrected chi connectivity index (χ1v) is 12.0. The smallest absolute Gasteiger partial charge is 0.229 e. The van der Waals surface area contributed by atoms with Gasteiger partial charge >= 0.3 is 0 Å². The third-order valence-electron chi connectivity index (χ3n) is 5.44. The third-order valence-corrected chi connectivity index (χ3v) is 6.05. The molecule has 0 heterocycles. The summed E-state index contributed by atoms with van der Waals surface area (Å²) in [4.78, 5) is 12.6. The minimum absolute atomic E-state index is 0.0559. The van der Waals surface area contributed by atoms with Crippen molar-refractivity contribution in [1.29, 1.82) is 0 Å². The average molecular weight is 451 g/mol. The fourth-order valence-corrected chi connectivity index (χ4v) is 4.40. The maximum Gasteiger partial charge on any atom is 0.229 e. The van der Waals surface area contributed by atoms with E-state index < -0.39 is 27.1 Å². The van der Waals surface area contributed by atoms with Crippen molar-refractivity contribution >= 4 is 21.6 Å². The van der Waals surface area contributed by atoms with E-state index in [0.29, 0.717) is 17.7 Å². The van der Waals surface area contributed by atoms with Crippen LogP contribution < -0.4 is 10.0 Å². The number of benzene rings is 2. The van der Waals surface area contributed by atoms with Crippen molar-refractivity contribution in [3.05, 3.63) is 64.7 Å². The van der Waals surface area contributed by atoms with Crippen molar-refractivity contribution < 1.29 is 22.0 Å². The summed E-state index contributed by atoms with van der Waals surface area (Å²) in [5, 5.41) is 2.93. The van der Waals surface area contributed by atoms with Crippen molar-refractivity contribution in [2.24, 2.45) is 5.92 Å². The second-order valence-corrected chi connectivity index (χ2v) is 11.0. The van der Waals surface area contributed by atoms with E-state index in [4.69, 9.17) is 0 Å². The Morgan fingerprint density at radius 1 is 1.10 bits per heavy atom. The van der Waals surface area contributed by atoms with E-state index in [2.05, 4.69) is 10.0 Å². The number of hydrogen-bond acceptors (Lipinski definition) is 3. The Morgan fingerprint density at radius 2 is 1.65 bits per heavy atom. The molecule has 0 radical (unpaired) electrons. The molecule has 1 fully saturated rings. The number of amides is 1. The van der Waals surface area contributed by atoms with Crippen LogP contribution in [0.3, 0.4) is 0 Å². The molecule has 5 nitrogen and oxygen atoms in total. The van der Waals surface area contributed by atoms with E-state index in [1.165, 1.54) is 12.1 Å². The summed E-state index contributed by atoms with van der Waals surface area (Å²) in [6.45, 7) is 7.10. The van der Waals surface area contributed by atoms with Crippen molar-refractivity contribution in [1.82, 2.24) is 5.32 Å². The lowest BCUT2D eigenvalue weighted by Crippen LogP contribution is -2.28. The van der Waals surface area contributed by atoms with Crippen LogP contribution in [0.1, 0.15) is 62.8 Å². The van der Waals surface area contributed by atoms with Gasteiger partial charge in [0.15, 0.2) is 0 Å². The Morgan fingerprint density at radius 3 is 2.13 bits per heavy atom. The predicted octanol–water partition coefficient (Wildman–Crippen LogP) is 4.61. The molecule has 0 aliphatic heterocycles. The first kappa shape index (κ1) is 23.2. The fourth-order valence-electron chi connectivity index (χ4n) is 3.83. The Balaban J connectivity index is 1.64. The van der Waals surface area contributed by atoms with E-state index in [1.807, 2.05) is 6.92 Å². The van der Waals surface area contributed by atoms with E-state index in [1.54, 1.807) is 45.0 Å². The van der Waals surface area contributed by atoms with Crippen LogP contribution in [0.4, 0.5) is 14.5 Å². The van der Waals surface area contributed by atoms with E-state index >= 15 is 0 Å². The highest BCUT2D eigenvalue weighted by Crippen LogP contribution is 2.48. The molecule has 3 atom stereocenters. The number of halogens is 2. The molecule has 1 amide bonds. The first-order chi connectivity index (χ1) is 14.3. The molecule has 168 valence electrons. The summed E-state index contributed by atoms with van der Waals surface area (Å²) in [7, 11) is -3.36. The molecule has 8 heteroatoms. The van der Waals surface area contributed by atoms with Gasteiger partial charge in [-0.1, -0.05) is 32.9 Å². The molecule has 2 aromatic carbocycles. The monoisotopic (exact) mass is 450 g/mol. The van der Waals surface area contributed by atoms with Gasteiger partial charge in [0.05, 0.1) is 12.3 Å². The molecular formula is C23H28F2N2O3S. The molecule has 2 N–H and O–H groups in total. The molecule has 2 unspecified atom stereocenters. The second kappa shape index (κ2) is 8.22. The van der Waals surface area contributed by atoms with Gasteiger partial charge in [0.2, 0.25) is 15.9 Å². The van der Waals surface area contributed by atoms with Gasteiger partial charge in [0, 0.05) is 17.2 Å². The SMILES string of the molecule is C[C@@H](NC(=O)C1CC1c1cc(F)c(C(C)(C)C)c(F)c1)c1ccc(NS(C)(=O)=O)cc1. The minimum atomic E-state index is -3.36. The summed E-state index contributed by atoms with van der Waals surface area (Å²) in [6, 6.07) is 9.12. The number of sulfonamides is 1. The Kier molecular flexibility index (Phi) is 6.15. The molecule has 1 aliphatic rings. The number of rotatable bonds is 6. The van der Waals surface area contributed by atoms with Crippen LogP contribution in [0.25, 0.3) is 0 Å². The van der Waals surface area contributed by atoms with Crippen LogP contribution in [0.5, 0.6) is 0 Å². The standard InChI is InChI=1S/C23H28F2N2O3S/c1-13(14-6-8-16(9-7-14)27-31(5,29)30)26-22(28)18-12-17(18)15-10-19(24)21(20(25)11-15)23(2,3)4/h6-11,13,17-18,27H,12H2,1-5H3,(H,26,28)/t13-,17?,18?/m1/s1. The minimum Gasteiger partial charge on any atom is -0.349 e. The highest BCUT2D eigenvalue weighted by atomic mass is 32.2. The quantitative estimate of drug-likeness (QED) is 0.675. The van der Waals surface area contributed by atoms with Gasteiger partial charge in [-0.2, -0.15) is 0 Å². The largest absolute Gasteiger partial charge is 0.349 e. The first-order valence-electron chi connectivity index (χ1n) is 10.1. The molecule has 0 saturated heterocycles. The zero-order chi connectivity index (χ0) is 23.1. The van der Waals surface area contributed by atoms with Crippen LogP contribution in [-0.4, -0.2) is 20.6 Å². The number of hydrogen-bond donors (Lipinski definition) is 2. The lowest BCUT2D eigenvalue weighted by molar-refractivity contribution is -0.123. The molecule has 1 aliphatic carbocycles. The molecule has 1 saturated carbocycles. The molecule has 31 heavy (non-hydrogen) atoms. The normalized spacial score (nSPS) is 19.6. The lowest BCUT2D eigenvalue weighted by Gasteiger charge is -2.21. The summed E-state index contributed by atoms with van der Waals surface area (Å²) < 4.78 is 54.0. The van der Waals surface area contributed by atoms with Crippen LogP contribution in [0.15, 0.2) is 36.4 Å². The highest BCUT2D eigenvalue weighted by molar-refractivity contribution is 7.92. The van der Waals surface area contributed by atoms with Gasteiger partial charge in [-0.15, -0.1) is 0 Å². The molecule has 0 spiro atoms. The zero-order valence-electron chi connectivity index (χ0n) is 18.3. The maximum atomic E-state index is 14.5. The fraction of sp³-hybridized carbons (Fsp3) is 0.435. The number of nitrogens with one attached hydrogen (secondary N) is 2. The van der Waals surface area contributed by atoms with Crippen LogP contribution >= 0.6 is 0 Å². The summed E-state index contributed by atoms with van der Waals surface area (Å²) in [5.41, 5.74) is 1.17. The Labute approximate surface area is 182 Å². The molecule has 3 rings (SSSR count). The summed E-state index contributed by atoms with van der Waals surface area (Å²) in [6.07, 6.45) is 1.62. The molecule has 2 aromatic rings. The Hall–Kier alpha value is -2.48. The van der Waals surface area contributed by atoms with Crippen molar-refractivity contribution in [2.45, 2.75) is 51.5 Å². The van der Waals surface area contributed by atoms with Crippen LogP contribution in [0.2, 0.25) is 0 Å². The van der Waals surface area contributed by atoms with Crippen molar-refractivity contribution in [3.8, 4) is 0 Å². The second-order valence-electron chi connectivity index (χ2n) is 9.28. The van der Waals surface area contributed by atoms with E-state index in [0.717, 1.165) is 11.8 Å². The predicted molar refractivity (Wildman–Crippen MR) is 117 cm³/mol. The van der Waals surface area contributed by atoms with Gasteiger partial charge in [0.1, 0.15) is 11.6 Å². The number of carbonyl (C=O) groups is 1. The molecule has 0 bridgehead atoms. The van der Waals surface area contributed by atoms with Crippen molar-refractivity contribution in [3.63, 3.8) is 0 Å². The van der Waals surface area contributed by atoms with E-state index in [-0.39, 0.29) is 29.3 Å². The van der Waals surface area contributed by atoms with Gasteiger partial charge < -0.3 is 5.32 Å². The van der Waals surface area contributed by atoms with Crippen molar-refractivity contribution in [2.75, 3.05) is 11.0 Å². The molecular weight excluding hydrogens is 422 g/mol. The lowest BCUT2D eigenvalue weighted by atomic mass is 9.85. The number of carbonyl (C=O) groups excluding carboxylic acids is 1. The van der Waals surface area contributed by atoms with E-state index in [9.17, 15) is 22.0 Å². The van der Waals surface area contributed by atoms with Gasteiger partial charge in [-0.3, -0.25) is 9.52 Å². The van der Waals surface area contributed by atoms with Gasteiger partial charge in [-0.25, -0.2) is 17.2 Å². The average Bonchev–Trinajstić information content (AvgIpc) is 3.40. The zero-order valence-corrected chi connectivity index (χ0v) is 19.1. The number of anilines is 1. The topological polar surface area (TPSA) is 75.3 Å². The summed E-state index contributed by atoms with van der Waals surface area (Å²) >= 11 is 0. The van der Waals surface area contributed by atoms with Gasteiger partial charge in [0.25, 0.3) is 0 Å². The van der Waals surface area contributed by atoms with Gasteiger partial charge in [-0.05, 0) is 60.1 Å². The maximum absolute atomic E-state index is 14.5. The third kappa shape index (κ3) is 5.61. The van der Waals surface area contributed by atoms with Crippen LogP contribution in [0, 0.1) is 17.6 Å². The Bertz CT molecular complexity index is 1070. The van der Waals surface area contributed by atoms with Crippen LogP contribution in [-0.2, 0) is 20.2 Å². The molecule has 0 aromatic heterocycles. The highest BCUT2D eigenvalue weighted by Gasteiger charge is 2.45.